The molecule has 9 aliphatic rings. The summed E-state index contributed by atoms with van der Waals surface area (Å²) in [7, 11) is -0.922. The normalized spacial score (nSPS) is 18.9. The Labute approximate surface area is 770 Å². The predicted octanol–water partition coefficient (Wildman–Crippen LogP) is 23.0. The Morgan fingerprint density at radius 3 is 1.74 bits per heavy atom. The number of carboxylic acid groups (broad SMARTS) is 2. The largest absolute Gasteiger partial charge is 0.497 e. The van der Waals surface area contributed by atoms with Crippen LogP contribution in [0.2, 0.25) is 0 Å². The second-order valence-corrected chi connectivity index (χ2v) is 36.2. The zero-order valence-corrected chi connectivity index (χ0v) is 74.2. The number of thioether (sulfide) groups is 3. The van der Waals surface area contributed by atoms with Gasteiger partial charge < -0.3 is 68.6 Å². The molecule has 0 spiro atoms. The van der Waals surface area contributed by atoms with E-state index in [0.717, 1.165) is 144 Å². The molecule has 8 aromatic carbocycles. The van der Waals surface area contributed by atoms with Crippen molar-refractivity contribution in [2.75, 3.05) is 69.8 Å². The molecule has 129 heavy (non-hydrogen) atoms. The zero-order chi connectivity index (χ0) is 88.3. The van der Waals surface area contributed by atoms with E-state index in [1.165, 1.54) is 35.9 Å². The number of nitrogens with zero attached hydrogens (tertiary/aromatic N) is 4. The number of benzene rings is 8. The standard InChI is InChI=1S/C42H44N2O6.C23H21NO4S.C17H18NO4PS.C17H17NO3S.4CH4/c1-4-5-6-7-8-12-25-44-39(29-15-20-32(48-2)21-16-29)41(30-17-22-33(49-3)23-18-30)50-42(44)38-37(28-13-10-9-11-14-28)35-26-31(43-27-36(45)46)19-24-34(35)40(38)47;1-14(2)23(26)27-13-12-24-17-10-6-7-11-18(17)28-22(24)19-20(25)15-8-4-5-9-16(15)21(19)29-3;19-16-12-6-2-1-5-11(12)9-13(16)17-18(10-23(20,21)22)14-7-3-4-8-15(14)24-17;1-10-11(2)22-17(18(10)8-7-15(19)20)14-9-12-5-3-4-6-13(12)16(14)21;;;;/h9-11,13-24,26,37,43H,4-8,12,25,27H2,1-3H3,(H,45,46);4-11,21H,1,12-13H2,2-3H3;1-2,5-6H,3-4,7-10H2,(H2,20,21,22);3-6H,7-9H2,1-2H3,(H,19,20);4*1H4/b42-38-;22-19+;17-13-;17-14-;;;;. The van der Waals surface area contributed by atoms with Gasteiger partial charge in [0.2, 0.25) is 11.8 Å². The molecule has 0 amide bonds. The third-order valence-electron chi connectivity index (χ3n) is 23.1. The highest BCUT2D eigenvalue weighted by Gasteiger charge is 2.47. The lowest BCUT2D eigenvalue weighted by Gasteiger charge is -2.26. The van der Waals surface area contributed by atoms with Gasteiger partial charge in [-0.05, 0) is 166 Å². The number of hydrogen-bond donors (Lipinski definition) is 5. The number of carbonyl (C=O) groups excluding carboxylic acids is 5. The maximum Gasteiger partial charge on any atom is 0.345 e. The molecule has 678 valence electrons. The SMILES string of the molecule is C.C.C.C.C=C(C)C(=O)OCCN1/C(=C2/C(=O)c3ccccc3C2SC)Oc2ccccc21.CC1=C(C)N(CCC(=O)O)/C(=C2\Cc3ccccc3C2=O)S1.CCCCCCCCN1C(c2ccc(OC)cc2)=C(c2ccc(OC)cc2)O/C1=C1\C(=O)c2ccc(NCC(=O)O)cc2C1c1ccccc1.O=C1/C(=C2\SC3=C(CCCC3)N2CP(=O)(O)O)Cc2ccccc21. The lowest BCUT2D eigenvalue weighted by Crippen LogP contribution is -2.28. The number of carboxylic acids is 2. The molecule has 4 heterocycles. The fraction of sp³-hybridized carbons (Fsp3) is 0.311. The van der Waals surface area contributed by atoms with Crippen molar-refractivity contribution in [1.82, 2.24) is 14.7 Å². The lowest BCUT2D eigenvalue weighted by atomic mass is 9.89. The summed E-state index contributed by atoms with van der Waals surface area (Å²) < 4.78 is 41.0. The first-order valence-corrected chi connectivity index (χ1v) is 46.6. The summed E-state index contributed by atoms with van der Waals surface area (Å²) in [5.41, 5.74) is 16.8. The van der Waals surface area contributed by atoms with Crippen LogP contribution in [0.1, 0.15) is 220 Å². The molecular weight excluding hydrogens is 1710 g/mol. The van der Waals surface area contributed by atoms with Crippen molar-refractivity contribution in [1.29, 1.82) is 0 Å². The molecule has 5 aliphatic carbocycles. The minimum Gasteiger partial charge on any atom is -0.497 e. The van der Waals surface area contributed by atoms with Crippen LogP contribution < -0.4 is 24.4 Å². The summed E-state index contributed by atoms with van der Waals surface area (Å²) in [4.78, 5) is 116. The lowest BCUT2D eigenvalue weighted by molar-refractivity contribution is -0.139. The Morgan fingerprint density at radius 2 is 1.14 bits per heavy atom. The van der Waals surface area contributed by atoms with Crippen LogP contribution in [0.15, 0.2) is 272 Å². The number of para-hydroxylation sites is 2. The summed E-state index contributed by atoms with van der Waals surface area (Å²) in [5, 5.41) is 22.8. The van der Waals surface area contributed by atoms with Crippen molar-refractivity contribution >= 4 is 107 Å². The Balaban J connectivity index is 0.000000188. The number of anilines is 2. The molecule has 2 atom stereocenters. The van der Waals surface area contributed by atoms with E-state index >= 15 is 0 Å². The highest BCUT2D eigenvalue weighted by Crippen LogP contribution is 2.56. The first-order valence-electron chi connectivity index (χ1n) is 41.9. The maximum absolute atomic E-state index is 14.7. The first-order chi connectivity index (χ1) is 60.4. The molecule has 0 aromatic heterocycles. The molecule has 8 aromatic rings. The van der Waals surface area contributed by atoms with E-state index in [-0.39, 0.29) is 83.9 Å². The van der Waals surface area contributed by atoms with Gasteiger partial charge in [0.25, 0.3) is 0 Å². The van der Waals surface area contributed by atoms with E-state index in [4.69, 9.17) is 28.8 Å². The Morgan fingerprint density at radius 1 is 0.581 bits per heavy atom. The zero-order valence-electron chi connectivity index (χ0n) is 70.8. The van der Waals surface area contributed by atoms with E-state index in [1.54, 1.807) is 61.7 Å². The number of rotatable bonds is 25. The summed E-state index contributed by atoms with van der Waals surface area (Å²) in [6, 6.07) is 61.6. The molecule has 0 radical (unpaired) electrons. The molecule has 22 nitrogen and oxygen atoms in total. The fourth-order valence-corrected chi connectivity index (χ4v) is 21.1. The van der Waals surface area contributed by atoms with Gasteiger partial charge >= 0.3 is 25.5 Å². The van der Waals surface area contributed by atoms with Crippen LogP contribution in [0.3, 0.4) is 0 Å². The number of carbonyl (C=O) groups is 7. The van der Waals surface area contributed by atoms with Gasteiger partial charge in [-0.15, -0.1) is 0 Å². The van der Waals surface area contributed by atoms with E-state index < -0.39 is 31.4 Å². The summed E-state index contributed by atoms with van der Waals surface area (Å²) in [6.45, 7) is 12.8. The number of ether oxygens (including phenoxy) is 5. The Hall–Kier alpha value is -11.8. The number of allylic oxidation sites excluding steroid dienone is 7. The Kier molecular flexibility index (Phi) is 34.2. The Bertz CT molecular complexity index is 5870. The maximum atomic E-state index is 14.7. The molecule has 0 saturated heterocycles. The van der Waals surface area contributed by atoms with Crippen molar-refractivity contribution in [2.24, 2.45) is 0 Å². The highest BCUT2D eigenvalue weighted by atomic mass is 32.2. The first kappa shape index (κ1) is 99.3. The van der Waals surface area contributed by atoms with Crippen LogP contribution in [0.25, 0.3) is 11.5 Å². The topological polar surface area (TPSA) is 289 Å². The average molecular weight is 1820 g/mol. The van der Waals surface area contributed by atoms with Crippen LogP contribution >= 0.6 is 42.9 Å². The monoisotopic (exact) mass is 1820 g/mol. The predicted molar refractivity (Wildman–Crippen MR) is 517 cm³/mol. The van der Waals surface area contributed by atoms with Gasteiger partial charge in [0.15, 0.2) is 34.6 Å². The number of methoxy groups -OCH3 is 2. The van der Waals surface area contributed by atoms with Gasteiger partial charge in [-0.2, -0.15) is 11.8 Å². The number of hydrogen-bond acceptors (Lipinski definition) is 21. The quantitative estimate of drug-likeness (QED) is 0.0154. The van der Waals surface area contributed by atoms with Gasteiger partial charge in [0.05, 0.1) is 65.0 Å². The third kappa shape index (κ3) is 21.9. The third-order valence-corrected chi connectivity index (χ3v) is 27.3. The number of unbranched alkanes of at least 4 members (excludes halogenated alkanes) is 5. The van der Waals surface area contributed by atoms with Crippen LogP contribution in [0, 0.1) is 0 Å². The minimum absolute atomic E-state index is 0. The van der Waals surface area contributed by atoms with Crippen molar-refractivity contribution in [3.05, 3.63) is 333 Å². The summed E-state index contributed by atoms with van der Waals surface area (Å²) in [5.74, 6) is 1.14. The second-order valence-electron chi connectivity index (χ2n) is 31.3. The molecule has 4 aliphatic heterocycles. The summed E-state index contributed by atoms with van der Waals surface area (Å²) >= 11 is 4.72. The second kappa shape index (κ2) is 44.5. The minimum atomic E-state index is -4.22. The van der Waals surface area contributed by atoms with E-state index in [2.05, 4.69) is 23.7 Å². The van der Waals surface area contributed by atoms with Crippen molar-refractivity contribution < 1.29 is 81.8 Å². The molecule has 2 unspecified atom stereocenters. The van der Waals surface area contributed by atoms with Crippen LogP contribution in [0.4, 0.5) is 11.4 Å². The number of nitrogens with one attached hydrogen (secondary N) is 1. The van der Waals surface area contributed by atoms with Gasteiger partial charge in [0.1, 0.15) is 30.9 Å². The van der Waals surface area contributed by atoms with Gasteiger partial charge in [-0.1, -0.05) is 214 Å². The van der Waals surface area contributed by atoms with E-state index in [0.29, 0.717) is 100 Å². The molecule has 26 heteroatoms. The average Bonchev–Trinajstić information content (AvgIpc) is 1.57. The molecule has 0 bridgehead atoms. The molecule has 5 N–H and O–H groups in total. The van der Waals surface area contributed by atoms with E-state index in [1.807, 2.05) is 212 Å². The summed E-state index contributed by atoms with van der Waals surface area (Å²) in [6.07, 6.45) is 13.4. The molecule has 0 saturated carbocycles. The van der Waals surface area contributed by atoms with Gasteiger partial charge in [-0.25, -0.2) is 4.79 Å². The van der Waals surface area contributed by atoms with Crippen molar-refractivity contribution in [3.63, 3.8) is 0 Å². The molecular formula is C103H116N5O17PS3. The molecule has 17 rings (SSSR count). The molecule has 0 fully saturated rings. The number of fused-ring (bicyclic) bond motifs is 5. The van der Waals surface area contributed by atoms with Crippen LogP contribution in [-0.2, 0) is 41.3 Å². The smallest absolute Gasteiger partial charge is 0.345 e. The van der Waals surface area contributed by atoms with Crippen LogP contribution in [-0.4, -0.2) is 135 Å². The van der Waals surface area contributed by atoms with Crippen molar-refractivity contribution in [3.8, 4) is 17.2 Å². The number of ketones is 4. The number of aliphatic carboxylic acids is 2. The number of Topliss-reactive ketones (excluding diaryl/α,β-unsaturated/α-hetero) is 4. The van der Waals surface area contributed by atoms with E-state index in [9.17, 15) is 53.0 Å². The highest BCUT2D eigenvalue weighted by molar-refractivity contribution is 8.07. The number of esters is 1. The van der Waals surface area contributed by atoms with Crippen LogP contribution in [0.5, 0.6) is 17.2 Å². The van der Waals surface area contributed by atoms with Gasteiger partial charge in [0, 0.05) is 109 Å². The van der Waals surface area contributed by atoms with Crippen molar-refractivity contribution in [2.45, 2.75) is 152 Å². The fourth-order valence-electron chi connectivity index (χ4n) is 16.8. The van der Waals surface area contributed by atoms with Gasteiger partial charge in [-0.3, -0.25) is 33.3 Å².